The molecular weight excluding hydrogens is 200 g/mol. The summed E-state index contributed by atoms with van der Waals surface area (Å²) in [7, 11) is 0. The van der Waals surface area contributed by atoms with Gasteiger partial charge in [-0.25, -0.2) is 9.78 Å². The average Bonchev–Trinajstić information content (AvgIpc) is 2.44. The Hall–Kier alpha value is -1.07. The second-order valence-electron chi connectivity index (χ2n) is 2.13. The molecule has 6 heteroatoms. The lowest BCUT2D eigenvalue weighted by molar-refractivity contribution is 0.0690. The lowest BCUT2D eigenvalue weighted by Crippen LogP contribution is -2.00. The lowest BCUT2D eigenvalue weighted by Gasteiger charge is -1.89. The van der Waals surface area contributed by atoms with Crippen LogP contribution in [0.1, 0.15) is 10.5 Å². The minimum Gasteiger partial charge on any atom is -0.476 e. The molecule has 0 spiro atoms. The number of halogens is 1. The van der Waals surface area contributed by atoms with Gasteiger partial charge in [-0.1, -0.05) is 11.6 Å². The zero-order chi connectivity index (χ0) is 8.72. The maximum Gasteiger partial charge on any atom is 0.355 e. The van der Waals surface area contributed by atoms with Crippen molar-refractivity contribution in [2.24, 2.45) is 0 Å². The first-order chi connectivity index (χ1) is 5.70. The summed E-state index contributed by atoms with van der Waals surface area (Å²) >= 11 is 6.89. The number of hydrogen-bond donors (Lipinski definition) is 1. The highest BCUT2D eigenvalue weighted by atomic mass is 35.5. The third kappa shape index (κ3) is 0.904. The van der Waals surface area contributed by atoms with Crippen LogP contribution in [0.3, 0.4) is 0 Å². The smallest absolute Gasteiger partial charge is 0.355 e. The fourth-order valence-electron chi connectivity index (χ4n) is 0.948. The van der Waals surface area contributed by atoms with Crippen molar-refractivity contribution in [3.05, 3.63) is 22.6 Å². The molecule has 0 saturated heterocycles. The Bertz CT molecular complexity index is 447. The topological polar surface area (TPSA) is 54.6 Å². The van der Waals surface area contributed by atoms with Crippen LogP contribution >= 0.6 is 22.9 Å². The summed E-state index contributed by atoms with van der Waals surface area (Å²) in [5.41, 5.74) is 0.0779. The number of imidazole rings is 1. The SMILES string of the molecule is O=C(O)c1c(Cl)sc2cncn12. The van der Waals surface area contributed by atoms with Gasteiger partial charge in [-0.05, 0) is 0 Å². The first kappa shape index (κ1) is 7.57. The maximum absolute atomic E-state index is 10.7. The Kier molecular flexibility index (Phi) is 1.55. The van der Waals surface area contributed by atoms with Crippen LogP contribution in [0.5, 0.6) is 0 Å². The number of hydrogen-bond acceptors (Lipinski definition) is 3. The number of aromatic nitrogens is 2. The fraction of sp³-hybridized carbons (Fsp3) is 0. The van der Waals surface area contributed by atoms with Crippen LogP contribution in [0.25, 0.3) is 4.83 Å². The van der Waals surface area contributed by atoms with E-state index in [1.165, 1.54) is 22.1 Å². The summed E-state index contributed by atoms with van der Waals surface area (Å²) in [6.45, 7) is 0. The normalized spacial score (nSPS) is 10.8. The minimum absolute atomic E-state index is 0.0779. The van der Waals surface area contributed by atoms with Crippen LogP contribution in [0.2, 0.25) is 4.34 Å². The number of carbonyl (C=O) groups is 1. The van der Waals surface area contributed by atoms with Gasteiger partial charge in [-0.15, -0.1) is 11.3 Å². The summed E-state index contributed by atoms with van der Waals surface area (Å²) in [5, 5.41) is 8.74. The lowest BCUT2D eigenvalue weighted by atomic mass is 10.5. The van der Waals surface area contributed by atoms with Gasteiger partial charge in [-0.2, -0.15) is 0 Å². The minimum atomic E-state index is -1.04. The molecule has 4 nitrogen and oxygen atoms in total. The van der Waals surface area contributed by atoms with E-state index in [9.17, 15) is 4.79 Å². The van der Waals surface area contributed by atoms with Gasteiger partial charge >= 0.3 is 5.97 Å². The van der Waals surface area contributed by atoms with Crippen molar-refractivity contribution in [3.8, 4) is 0 Å². The molecule has 0 saturated carbocycles. The molecule has 0 amide bonds. The molecular formula is C6H3ClN2O2S. The standard InChI is InChI=1S/C6H3ClN2O2S/c7-5-4(6(10)11)9-2-8-1-3(9)12-5/h1-2H,(H,10,11). The third-order valence-electron chi connectivity index (χ3n) is 1.43. The van der Waals surface area contributed by atoms with E-state index in [1.807, 2.05) is 0 Å². The van der Waals surface area contributed by atoms with Gasteiger partial charge in [0.2, 0.25) is 0 Å². The molecule has 2 rings (SSSR count). The monoisotopic (exact) mass is 202 g/mol. The van der Waals surface area contributed by atoms with Gasteiger partial charge < -0.3 is 5.11 Å². The van der Waals surface area contributed by atoms with Crippen LogP contribution < -0.4 is 0 Å². The molecule has 0 fully saturated rings. The molecule has 1 N–H and O–H groups in total. The van der Waals surface area contributed by atoms with E-state index in [2.05, 4.69) is 4.98 Å². The number of rotatable bonds is 1. The fourth-order valence-corrected chi connectivity index (χ4v) is 2.17. The predicted molar refractivity (Wildman–Crippen MR) is 45.0 cm³/mol. The van der Waals surface area contributed by atoms with Crippen LogP contribution in [-0.4, -0.2) is 20.5 Å². The predicted octanol–water partition coefficient (Wildman–Crippen LogP) is 1.75. The molecule has 0 atom stereocenters. The molecule has 0 aliphatic carbocycles. The van der Waals surface area contributed by atoms with Gasteiger partial charge in [0.15, 0.2) is 5.69 Å². The summed E-state index contributed by atoms with van der Waals surface area (Å²) in [5.74, 6) is -1.04. The van der Waals surface area contributed by atoms with Crippen LogP contribution in [0, 0.1) is 0 Å². The van der Waals surface area contributed by atoms with E-state index in [1.54, 1.807) is 6.20 Å². The third-order valence-corrected chi connectivity index (χ3v) is 2.72. The van der Waals surface area contributed by atoms with Crippen molar-refractivity contribution in [1.29, 1.82) is 0 Å². The van der Waals surface area contributed by atoms with E-state index in [4.69, 9.17) is 16.7 Å². The van der Waals surface area contributed by atoms with Crippen LogP contribution in [0.15, 0.2) is 12.5 Å². The van der Waals surface area contributed by atoms with Gasteiger partial charge in [0.25, 0.3) is 0 Å². The van der Waals surface area contributed by atoms with Crippen molar-refractivity contribution in [2.75, 3.05) is 0 Å². The molecule has 0 aromatic carbocycles. The highest BCUT2D eigenvalue weighted by molar-refractivity contribution is 7.21. The van der Waals surface area contributed by atoms with Crippen molar-refractivity contribution >= 4 is 33.7 Å². The highest BCUT2D eigenvalue weighted by Crippen LogP contribution is 2.27. The number of nitrogens with zero attached hydrogens (tertiary/aromatic N) is 2. The Labute approximate surface area is 76.0 Å². The summed E-state index contributed by atoms with van der Waals surface area (Å²) in [6, 6.07) is 0. The van der Waals surface area contributed by atoms with Crippen molar-refractivity contribution < 1.29 is 9.90 Å². The van der Waals surface area contributed by atoms with Gasteiger partial charge in [0.05, 0.1) is 6.20 Å². The van der Waals surface area contributed by atoms with Crippen LogP contribution in [-0.2, 0) is 0 Å². The second kappa shape index (κ2) is 2.46. The highest BCUT2D eigenvalue weighted by Gasteiger charge is 2.16. The summed E-state index contributed by atoms with van der Waals surface area (Å²) in [6.07, 6.45) is 3.00. The van der Waals surface area contributed by atoms with E-state index < -0.39 is 5.97 Å². The summed E-state index contributed by atoms with van der Waals surface area (Å²) < 4.78 is 1.73. The molecule has 0 radical (unpaired) electrons. The Morgan fingerprint density at radius 2 is 2.50 bits per heavy atom. The zero-order valence-corrected chi connectivity index (χ0v) is 7.26. The Morgan fingerprint density at radius 3 is 3.17 bits per heavy atom. The quantitative estimate of drug-likeness (QED) is 0.767. The van der Waals surface area contributed by atoms with Crippen molar-refractivity contribution in [2.45, 2.75) is 0 Å². The number of carboxylic acid groups (broad SMARTS) is 1. The number of carboxylic acids is 1. The van der Waals surface area contributed by atoms with Gasteiger partial charge in [0, 0.05) is 0 Å². The van der Waals surface area contributed by atoms with Crippen molar-refractivity contribution in [1.82, 2.24) is 9.38 Å². The summed E-state index contributed by atoms with van der Waals surface area (Å²) in [4.78, 5) is 15.2. The molecule has 0 aliphatic rings. The first-order valence-corrected chi connectivity index (χ1v) is 4.23. The van der Waals surface area contributed by atoms with Gasteiger partial charge in [0.1, 0.15) is 15.5 Å². The Morgan fingerprint density at radius 1 is 1.75 bits per heavy atom. The molecule has 62 valence electrons. The van der Waals surface area contributed by atoms with E-state index in [-0.39, 0.29) is 10.0 Å². The van der Waals surface area contributed by atoms with E-state index in [0.29, 0.717) is 0 Å². The average molecular weight is 203 g/mol. The number of aromatic carboxylic acids is 1. The molecule has 0 bridgehead atoms. The Balaban J connectivity index is 2.84. The van der Waals surface area contributed by atoms with Gasteiger partial charge in [-0.3, -0.25) is 4.40 Å². The van der Waals surface area contributed by atoms with Crippen molar-refractivity contribution in [3.63, 3.8) is 0 Å². The molecule has 2 aromatic rings. The second-order valence-corrected chi connectivity index (χ2v) is 3.76. The number of thiazole rings is 1. The van der Waals surface area contributed by atoms with E-state index >= 15 is 0 Å². The molecule has 2 aromatic heterocycles. The zero-order valence-electron chi connectivity index (χ0n) is 5.69. The first-order valence-electron chi connectivity index (χ1n) is 3.04. The molecule has 0 unspecified atom stereocenters. The molecule has 2 heterocycles. The molecule has 12 heavy (non-hydrogen) atoms. The van der Waals surface area contributed by atoms with E-state index in [0.717, 1.165) is 4.83 Å². The van der Waals surface area contributed by atoms with Crippen LogP contribution in [0.4, 0.5) is 0 Å². The number of fused-ring (bicyclic) bond motifs is 1. The largest absolute Gasteiger partial charge is 0.476 e. The maximum atomic E-state index is 10.7. The molecule has 0 aliphatic heterocycles.